The van der Waals surface area contributed by atoms with Gasteiger partial charge in [-0.3, -0.25) is 0 Å². The van der Waals surface area contributed by atoms with Crippen LogP contribution in [0, 0.1) is 17.3 Å². The number of hydrogen-bond acceptors (Lipinski definition) is 1. The lowest BCUT2D eigenvalue weighted by Gasteiger charge is -2.50. The molecule has 0 amide bonds. The monoisotopic (exact) mass is 282 g/mol. The van der Waals surface area contributed by atoms with Crippen molar-refractivity contribution < 1.29 is 5.11 Å². The summed E-state index contributed by atoms with van der Waals surface area (Å²) in [6.45, 7) is 6.24. The molecule has 3 aliphatic rings. The van der Waals surface area contributed by atoms with Gasteiger partial charge in [0.1, 0.15) is 0 Å². The van der Waals surface area contributed by atoms with Crippen molar-refractivity contribution in [3.63, 3.8) is 0 Å². The van der Waals surface area contributed by atoms with E-state index in [4.69, 9.17) is 0 Å². The van der Waals surface area contributed by atoms with Gasteiger partial charge >= 0.3 is 0 Å². The van der Waals surface area contributed by atoms with Crippen LogP contribution in [0.25, 0.3) is 6.08 Å². The lowest BCUT2D eigenvalue weighted by atomic mass is 9.55. The molecule has 21 heavy (non-hydrogen) atoms. The highest BCUT2D eigenvalue weighted by atomic mass is 16.3. The molecule has 4 rings (SSSR count). The van der Waals surface area contributed by atoms with E-state index in [1.807, 2.05) is 6.08 Å². The Morgan fingerprint density at radius 1 is 1.24 bits per heavy atom. The quantitative estimate of drug-likeness (QED) is 0.801. The van der Waals surface area contributed by atoms with Gasteiger partial charge in [-0.1, -0.05) is 37.8 Å². The summed E-state index contributed by atoms with van der Waals surface area (Å²) in [4.78, 5) is 0. The molecular formula is C20H26O. The van der Waals surface area contributed by atoms with Gasteiger partial charge in [0.15, 0.2) is 0 Å². The van der Waals surface area contributed by atoms with Gasteiger partial charge in [-0.05, 0) is 78.4 Å². The van der Waals surface area contributed by atoms with Crippen molar-refractivity contribution in [2.45, 2.75) is 57.5 Å². The van der Waals surface area contributed by atoms with Gasteiger partial charge in [-0.15, -0.1) is 0 Å². The average Bonchev–Trinajstić information content (AvgIpc) is 2.82. The van der Waals surface area contributed by atoms with Gasteiger partial charge in [0, 0.05) is 0 Å². The molecule has 3 aliphatic carbocycles. The molecule has 1 aromatic carbocycles. The number of aliphatic hydroxyl groups excluding tert-OH is 1. The van der Waals surface area contributed by atoms with Gasteiger partial charge in [0.2, 0.25) is 0 Å². The van der Waals surface area contributed by atoms with Crippen LogP contribution >= 0.6 is 0 Å². The van der Waals surface area contributed by atoms with Gasteiger partial charge in [0.05, 0.1) is 6.10 Å². The Morgan fingerprint density at radius 3 is 2.90 bits per heavy atom. The predicted molar refractivity (Wildman–Crippen MR) is 87.2 cm³/mol. The maximum Gasteiger partial charge on any atom is 0.0596 e. The highest BCUT2D eigenvalue weighted by Crippen LogP contribution is 2.60. The second-order valence-electron chi connectivity index (χ2n) is 7.72. The van der Waals surface area contributed by atoms with Crippen molar-refractivity contribution >= 4 is 6.08 Å². The minimum absolute atomic E-state index is 0.0620. The van der Waals surface area contributed by atoms with E-state index in [-0.39, 0.29) is 11.5 Å². The van der Waals surface area contributed by atoms with E-state index in [0.29, 0.717) is 0 Å². The van der Waals surface area contributed by atoms with Crippen LogP contribution in [0.5, 0.6) is 0 Å². The van der Waals surface area contributed by atoms with Crippen LogP contribution in [0.4, 0.5) is 0 Å². The predicted octanol–water partition coefficient (Wildman–Crippen LogP) is 4.55. The van der Waals surface area contributed by atoms with E-state index >= 15 is 0 Å². The Hall–Kier alpha value is -1.08. The Bertz CT molecular complexity index is 575. The zero-order valence-electron chi connectivity index (χ0n) is 13.0. The largest absolute Gasteiger partial charge is 0.393 e. The van der Waals surface area contributed by atoms with Crippen molar-refractivity contribution in [2.24, 2.45) is 17.3 Å². The zero-order valence-corrected chi connectivity index (χ0v) is 13.0. The molecule has 2 fully saturated rings. The number of rotatable bonds is 1. The number of aryl methyl sites for hydroxylation is 1. The Balaban J connectivity index is 1.70. The van der Waals surface area contributed by atoms with Crippen LogP contribution in [-0.4, -0.2) is 11.2 Å². The summed E-state index contributed by atoms with van der Waals surface area (Å²) in [6.07, 6.45) is 9.13. The number of hydrogen-bond donors (Lipinski definition) is 1. The standard InChI is InChI=1S/C20H26O/c1-3-13-4-6-15-14(12-13)5-7-17-16(15)10-11-20(2)18(17)8-9-19(20)21/h3-4,6,12,16-19,21H,1,5,7-11H2,2H3. The molecule has 1 heteroatoms. The van der Waals surface area contributed by atoms with Gasteiger partial charge < -0.3 is 5.11 Å². The average molecular weight is 282 g/mol. The Labute approximate surface area is 128 Å². The van der Waals surface area contributed by atoms with Crippen LogP contribution in [0.3, 0.4) is 0 Å². The SMILES string of the molecule is C=Cc1ccc2c(c1)CCC1C2CCC2(C)C(O)CCC12. The van der Waals surface area contributed by atoms with Gasteiger partial charge in [-0.25, -0.2) is 0 Å². The number of fused-ring (bicyclic) bond motifs is 5. The zero-order chi connectivity index (χ0) is 14.6. The van der Waals surface area contributed by atoms with Gasteiger partial charge in [-0.2, -0.15) is 0 Å². The summed E-state index contributed by atoms with van der Waals surface area (Å²) in [5, 5.41) is 10.4. The van der Waals surface area contributed by atoms with Crippen molar-refractivity contribution in [3.8, 4) is 0 Å². The smallest absolute Gasteiger partial charge is 0.0596 e. The Morgan fingerprint density at radius 2 is 2.10 bits per heavy atom. The highest BCUT2D eigenvalue weighted by Gasteiger charge is 2.54. The van der Waals surface area contributed by atoms with Crippen molar-refractivity contribution in [3.05, 3.63) is 41.5 Å². The molecule has 0 spiro atoms. The van der Waals surface area contributed by atoms with Crippen LogP contribution in [0.15, 0.2) is 24.8 Å². The maximum absolute atomic E-state index is 10.4. The van der Waals surface area contributed by atoms with E-state index < -0.39 is 0 Å². The molecule has 112 valence electrons. The fourth-order valence-electron chi connectivity index (χ4n) is 5.70. The Kier molecular flexibility index (Phi) is 3.04. The molecule has 1 N–H and O–H groups in total. The van der Waals surface area contributed by atoms with Crippen LogP contribution < -0.4 is 0 Å². The van der Waals surface area contributed by atoms with E-state index in [0.717, 1.165) is 24.2 Å². The molecule has 0 radical (unpaired) electrons. The van der Waals surface area contributed by atoms with Crippen molar-refractivity contribution in [1.82, 2.24) is 0 Å². The summed E-state index contributed by atoms with van der Waals surface area (Å²) in [5.41, 5.74) is 4.60. The van der Waals surface area contributed by atoms with Crippen LogP contribution in [-0.2, 0) is 6.42 Å². The molecule has 5 atom stereocenters. The van der Waals surface area contributed by atoms with E-state index in [2.05, 4.69) is 31.7 Å². The second kappa shape index (κ2) is 4.71. The lowest BCUT2D eigenvalue weighted by Crippen LogP contribution is -2.43. The second-order valence-corrected chi connectivity index (χ2v) is 7.72. The normalized spacial score (nSPS) is 41.0. The van der Waals surface area contributed by atoms with Crippen LogP contribution in [0.1, 0.15) is 61.6 Å². The highest BCUT2D eigenvalue weighted by molar-refractivity contribution is 5.51. The van der Waals surface area contributed by atoms with Gasteiger partial charge in [0.25, 0.3) is 0 Å². The van der Waals surface area contributed by atoms with Crippen molar-refractivity contribution in [1.29, 1.82) is 0 Å². The molecular weight excluding hydrogens is 256 g/mol. The summed E-state index contributed by atoms with van der Waals surface area (Å²) in [6, 6.07) is 6.93. The molecule has 0 bridgehead atoms. The third kappa shape index (κ3) is 1.86. The number of aliphatic hydroxyl groups is 1. The third-order valence-electron chi connectivity index (χ3n) is 6.94. The van der Waals surface area contributed by atoms with E-state index in [1.54, 1.807) is 11.1 Å². The molecule has 1 nitrogen and oxygen atoms in total. The summed E-state index contributed by atoms with van der Waals surface area (Å²) >= 11 is 0. The summed E-state index contributed by atoms with van der Waals surface area (Å²) in [5.74, 6) is 2.26. The molecule has 0 aromatic heterocycles. The summed E-state index contributed by atoms with van der Waals surface area (Å²) < 4.78 is 0. The lowest BCUT2D eigenvalue weighted by molar-refractivity contribution is -0.0226. The van der Waals surface area contributed by atoms with Crippen LogP contribution in [0.2, 0.25) is 0 Å². The molecule has 0 saturated heterocycles. The van der Waals surface area contributed by atoms with E-state index in [1.165, 1.54) is 37.7 Å². The fourth-order valence-corrected chi connectivity index (χ4v) is 5.70. The fraction of sp³-hybridized carbons (Fsp3) is 0.600. The van der Waals surface area contributed by atoms with Crippen molar-refractivity contribution in [2.75, 3.05) is 0 Å². The first-order chi connectivity index (χ1) is 10.1. The minimum atomic E-state index is -0.0620. The summed E-state index contributed by atoms with van der Waals surface area (Å²) in [7, 11) is 0. The molecule has 0 aliphatic heterocycles. The molecule has 2 saturated carbocycles. The topological polar surface area (TPSA) is 20.2 Å². The molecule has 5 unspecified atom stereocenters. The first kappa shape index (κ1) is 13.6. The minimum Gasteiger partial charge on any atom is -0.393 e. The maximum atomic E-state index is 10.4. The number of benzene rings is 1. The molecule has 1 aromatic rings. The molecule has 0 heterocycles. The third-order valence-corrected chi connectivity index (χ3v) is 6.94. The first-order valence-corrected chi connectivity index (χ1v) is 8.57. The first-order valence-electron chi connectivity index (χ1n) is 8.57. The van der Waals surface area contributed by atoms with E-state index in [9.17, 15) is 5.11 Å².